The van der Waals surface area contributed by atoms with E-state index >= 15 is 0 Å². The lowest BCUT2D eigenvalue weighted by molar-refractivity contribution is -0.131. The van der Waals surface area contributed by atoms with E-state index in [2.05, 4.69) is 16.4 Å². The van der Waals surface area contributed by atoms with Crippen LogP contribution < -0.4 is 14.2 Å². The summed E-state index contributed by atoms with van der Waals surface area (Å²) in [5.74, 6) is 0.884. The molecule has 0 fully saturated rings. The Morgan fingerprint density at radius 2 is 1.97 bits per heavy atom. The fourth-order valence-corrected chi connectivity index (χ4v) is 3.17. The summed E-state index contributed by atoms with van der Waals surface area (Å²) in [6.45, 7) is 4.17. The molecule has 8 nitrogen and oxygen atoms in total. The van der Waals surface area contributed by atoms with Crippen molar-refractivity contribution in [2.75, 3.05) is 14.2 Å². The van der Waals surface area contributed by atoms with Crippen molar-refractivity contribution < 1.29 is 24.1 Å². The SMILES string of the molecule is COc1cccc(-n2cc(COc3c(/C=C\C(=O)O)ccc(OC)c3CC=C(C)C)nn2)c1. The van der Waals surface area contributed by atoms with Gasteiger partial charge < -0.3 is 19.3 Å². The van der Waals surface area contributed by atoms with E-state index in [1.807, 2.05) is 44.2 Å². The molecule has 0 aliphatic carbocycles. The maximum atomic E-state index is 11.1. The number of benzene rings is 2. The fraction of sp³-hybridized carbons (Fsp3) is 0.240. The first-order chi connectivity index (χ1) is 15.9. The molecule has 0 amide bonds. The second-order valence-corrected chi connectivity index (χ2v) is 7.47. The second kappa shape index (κ2) is 11.0. The first kappa shape index (κ1) is 23.6. The number of hydrogen-bond acceptors (Lipinski definition) is 6. The molecule has 0 aliphatic rings. The van der Waals surface area contributed by atoms with E-state index in [-0.39, 0.29) is 6.61 Å². The van der Waals surface area contributed by atoms with Crippen LogP contribution in [0.3, 0.4) is 0 Å². The molecule has 2 aromatic carbocycles. The van der Waals surface area contributed by atoms with Gasteiger partial charge in [-0.05, 0) is 50.6 Å². The topological polar surface area (TPSA) is 95.7 Å². The molecule has 1 N–H and O–H groups in total. The maximum Gasteiger partial charge on any atom is 0.328 e. The van der Waals surface area contributed by atoms with Gasteiger partial charge in [0, 0.05) is 23.3 Å². The summed E-state index contributed by atoms with van der Waals surface area (Å²) in [4.78, 5) is 11.1. The molecule has 0 bridgehead atoms. The number of aromatic nitrogens is 3. The van der Waals surface area contributed by atoms with Crippen LogP contribution in [0.15, 0.2) is 60.3 Å². The van der Waals surface area contributed by atoms with Crippen molar-refractivity contribution in [3.8, 4) is 22.9 Å². The lowest BCUT2D eigenvalue weighted by atomic mass is 10.0. The van der Waals surface area contributed by atoms with Gasteiger partial charge in [-0.25, -0.2) is 9.48 Å². The van der Waals surface area contributed by atoms with E-state index in [4.69, 9.17) is 19.3 Å². The first-order valence-corrected chi connectivity index (χ1v) is 10.3. The predicted octanol–water partition coefficient (Wildman–Crippen LogP) is 4.47. The number of rotatable bonds is 10. The van der Waals surface area contributed by atoms with Crippen LogP contribution in [0.25, 0.3) is 11.8 Å². The highest BCUT2D eigenvalue weighted by Crippen LogP contribution is 2.35. The molecule has 0 spiro atoms. The molecule has 0 unspecified atom stereocenters. The minimum Gasteiger partial charge on any atom is -0.497 e. The van der Waals surface area contributed by atoms with Crippen molar-refractivity contribution in [1.29, 1.82) is 0 Å². The van der Waals surface area contributed by atoms with Gasteiger partial charge in [0.25, 0.3) is 0 Å². The van der Waals surface area contributed by atoms with Gasteiger partial charge in [-0.2, -0.15) is 0 Å². The van der Waals surface area contributed by atoms with Crippen molar-refractivity contribution in [2.24, 2.45) is 0 Å². The van der Waals surface area contributed by atoms with Crippen molar-refractivity contribution in [3.05, 3.63) is 77.1 Å². The molecular weight excluding hydrogens is 422 g/mol. The molecule has 172 valence electrons. The fourth-order valence-electron chi connectivity index (χ4n) is 3.17. The van der Waals surface area contributed by atoms with Gasteiger partial charge in [0.2, 0.25) is 0 Å². The largest absolute Gasteiger partial charge is 0.497 e. The van der Waals surface area contributed by atoms with Gasteiger partial charge in [-0.1, -0.05) is 22.9 Å². The van der Waals surface area contributed by atoms with Crippen molar-refractivity contribution >= 4 is 12.0 Å². The van der Waals surface area contributed by atoms with Gasteiger partial charge in [0.15, 0.2) is 0 Å². The molecular formula is C25H27N3O5. The lowest BCUT2D eigenvalue weighted by Gasteiger charge is -2.16. The van der Waals surface area contributed by atoms with E-state index in [0.29, 0.717) is 29.2 Å². The van der Waals surface area contributed by atoms with Crippen LogP contribution in [-0.4, -0.2) is 40.3 Å². The summed E-state index contributed by atoms with van der Waals surface area (Å²) in [6.07, 6.45) is 7.01. The Kier molecular flexibility index (Phi) is 7.86. The second-order valence-electron chi connectivity index (χ2n) is 7.47. The van der Waals surface area contributed by atoms with E-state index in [1.54, 1.807) is 31.2 Å². The highest BCUT2D eigenvalue weighted by Gasteiger charge is 2.15. The number of carboxylic acids is 1. The molecule has 0 saturated heterocycles. The van der Waals surface area contributed by atoms with E-state index < -0.39 is 5.97 Å². The van der Waals surface area contributed by atoms with Gasteiger partial charge in [-0.3, -0.25) is 0 Å². The third kappa shape index (κ3) is 6.22. The Hall–Kier alpha value is -4.07. The standard InChI is InChI=1S/C25H27N3O5/c1-17(2)8-11-22-23(32-4)12-9-18(10-13-24(29)30)25(22)33-16-19-15-28(27-26-19)20-6-5-7-21(14-20)31-3/h5-10,12-15H,11,16H2,1-4H3,(H,29,30)/b13-10-. The number of aliphatic carboxylic acids is 1. The summed E-state index contributed by atoms with van der Waals surface area (Å²) in [5.41, 5.74) is 4.03. The molecule has 3 rings (SSSR count). The number of allylic oxidation sites excluding steroid dienone is 2. The quantitative estimate of drug-likeness (QED) is 0.360. The zero-order valence-electron chi connectivity index (χ0n) is 19.1. The Morgan fingerprint density at radius 1 is 1.15 bits per heavy atom. The van der Waals surface area contributed by atoms with E-state index in [1.165, 1.54) is 6.08 Å². The smallest absolute Gasteiger partial charge is 0.328 e. The molecule has 1 aromatic heterocycles. The first-order valence-electron chi connectivity index (χ1n) is 10.3. The van der Waals surface area contributed by atoms with E-state index in [0.717, 1.165) is 28.6 Å². The Balaban J connectivity index is 1.92. The number of carboxylic acid groups (broad SMARTS) is 1. The van der Waals surface area contributed by atoms with Gasteiger partial charge in [-0.15, -0.1) is 5.10 Å². The predicted molar refractivity (Wildman–Crippen MR) is 125 cm³/mol. The summed E-state index contributed by atoms with van der Waals surface area (Å²) in [5, 5.41) is 17.5. The summed E-state index contributed by atoms with van der Waals surface area (Å²) in [7, 11) is 3.20. The zero-order valence-corrected chi connectivity index (χ0v) is 19.1. The van der Waals surface area contributed by atoms with Crippen LogP contribution in [0.5, 0.6) is 17.2 Å². The Labute approximate surface area is 192 Å². The van der Waals surface area contributed by atoms with E-state index in [9.17, 15) is 4.79 Å². The molecule has 0 radical (unpaired) electrons. The third-order valence-corrected chi connectivity index (χ3v) is 4.81. The average molecular weight is 450 g/mol. The molecule has 1 heterocycles. The highest BCUT2D eigenvalue weighted by atomic mass is 16.5. The van der Waals surface area contributed by atoms with Crippen molar-refractivity contribution in [3.63, 3.8) is 0 Å². The number of hydrogen-bond donors (Lipinski definition) is 1. The van der Waals surface area contributed by atoms with Gasteiger partial charge >= 0.3 is 5.97 Å². The molecule has 0 saturated carbocycles. The highest BCUT2D eigenvalue weighted by molar-refractivity contribution is 5.86. The maximum absolute atomic E-state index is 11.1. The lowest BCUT2D eigenvalue weighted by Crippen LogP contribution is -2.03. The molecule has 8 heteroatoms. The number of nitrogens with zero attached hydrogens (tertiary/aromatic N) is 3. The third-order valence-electron chi connectivity index (χ3n) is 4.81. The van der Waals surface area contributed by atoms with Crippen LogP contribution in [0, 0.1) is 0 Å². The monoisotopic (exact) mass is 449 g/mol. The summed E-state index contributed by atoms with van der Waals surface area (Å²) >= 11 is 0. The Bertz CT molecular complexity index is 1180. The normalized spacial score (nSPS) is 10.8. The van der Waals surface area contributed by atoms with Crippen molar-refractivity contribution in [1.82, 2.24) is 15.0 Å². The van der Waals surface area contributed by atoms with Crippen LogP contribution in [-0.2, 0) is 17.8 Å². The zero-order chi connectivity index (χ0) is 23.8. The minimum absolute atomic E-state index is 0.146. The van der Waals surface area contributed by atoms with Gasteiger partial charge in [0.1, 0.15) is 29.5 Å². The van der Waals surface area contributed by atoms with Crippen molar-refractivity contribution in [2.45, 2.75) is 26.9 Å². The van der Waals surface area contributed by atoms with Crippen LogP contribution >= 0.6 is 0 Å². The van der Waals surface area contributed by atoms with Crippen LogP contribution in [0.2, 0.25) is 0 Å². The summed E-state index contributed by atoms with van der Waals surface area (Å²) in [6, 6.07) is 11.1. The number of carbonyl (C=O) groups is 1. The summed E-state index contributed by atoms with van der Waals surface area (Å²) < 4.78 is 18.6. The molecule has 0 aliphatic heterocycles. The number of methoxy groups -OCH3 is 2. The van der Waals surface area contributed by atoms with Gasteiger partial charge in [0.05, 0.1) is 26.1 Å². The molecule has 33 heavy (non-hydrogen) atoms. The minimum atomic E-state index is -1.04. The number of ether oxygens (including phenoxy) is 3. The molecule has 0 atom stereocenters. The molecule has 3 aromatic rings. The van der Waals surface area contributed by atoms with Crippen LogP contribution in [0.4, 0.5) is 0 Å². The van der Waals surface area contributed by atoms with Crippen LogP contribution in [0.1, 0.15) is 30.7 Å². The average Bonchev–Trinajstić information content (AvgIpc) is 3.29. The Morgan fingerprint density at radius 3 is 2.67 bits per heavy atom.